The van der Waals surface area contributed by atoms with Crippen LogP contribution in [0.2, 0.25) is 0 Å². The topological polar surface area (TPSA) is 116 Å². The van der Waals surface area contributed by atoms with Gasteiger partial charge in [-0.3, -0.25) is 4.79 Å². The summed E-state index contributed by atoms with van der Waals surface area (Å²) in [6.45, 7) is 3.11. The molecule has 1 heterocycles. The molecule has 4 atom stereocenters. The predicted molar refractivity (Wildman–Crippen MR) is 86.2 cm³/mol. The van der Waals surface area contributed by atoms with Crippen molar-refractivity contribution in [1.82, 2.24) is 4.90 Å². The SMILES string of the molecule is C[C@@H]1O[C@@H]([C@H](Cc2ccccc2)N=[N+]=[N-])CN([C@@H](C)C(=O)O)C1=O. The van der Waals surface area contributed by atoms with Crippen molar-refractivity contribution >= 4 is 11.9 Å². The summed E-state index contributed by atoms with van der Waals surface area (Å²) in [6.07, 6.45) is -0.889. The van der Waals surface area contributed by atoms with Crippen LogP contribution >= 0.6 is 0 Å². The van der Waals surface area contributed by atoms with E-state index in [2.05, 4.69) is 10.0 Å². The molecule has 1 N–H and O–H groups in total. The minimum Gasteiger partial charge on any atom is -0.480 e. The molecule has 0 bridgehead atoms. The molecule has 128 valence electrons. The molecule has 1 aliphatic rings. The lowest BCUT2D eigenvalue weighted by Gasteiger charge is -2.40. The van der Waals surface area contributed by atoms with Crippen LogP contribution in [-0.2, 0) is 20.7 Å². The first-order valence-electron chi connectivity index (χ1n) is 7.71. The summed E-state index contributed by atoms with van der Waals surface area (Å²) in [6, 6.07) is 7.99. The van der Waals surface area contributed by atoms with Crippen LogP contribution in [0, 0.1) is 0 Å². The maximum atomic E-state index is 12.2. The Morgan fingerprint density at radius 1 is 1.50 bits per heavy atom. The molecule has 0 aliphatic carbocycles. The summed E-state index contributed by atoms with van der Waals surface area (Å²) >= 11 is 0. The van der Waals surface area contributed by atoms with Gasteiger partial charge in [-0.2, -0.15) is 0 Å². The zero-order valence-electron chi connectivity index (χ0n) is 13.6. The van der Waals surface area contributed by atoms with Crippen molar-refractivity contribution in [2.45, 2.75) is 44.6 Å². The smallest absolute Gasteiger partial charge is 0.326 e. The van der Waals surface area contributed by atoms with E-state index in [1.165, 1.54) is 11.8 Å². The van der Waals surface area contributed by atoms with Crippen LogP contribution in [0.25, 0.3) is 10.4 Å². The van der Waals surface area contributed by atoms with Crippen molar-refractivity contribution < 1.29 is 19.4 Å². The van der Waals surface area contributed by atoms with Crippen molar-refractivity contribution in [2.75, 3.05) is 6.54 Å². The summed E-state index contributed by atoms with van der Waals surface area (Å²) in [7, 11) is 0. The van der Waals surface area contributed by atoms with Crippen LogP contribution in [0.3, 0.4) is 0 Å². The number of carboxylic acids is 1. The minimum atomic E-state index is -1.08. The van der Waals surface area contributed by atoms with Crippen molar-refractivity contribution in [3.05, 3.63) is 46.3 Å². The minimum absolute atomic E-state index is 0.0765. The maximum absolute atomic E-state index is 12.2. The van der Waals surface area contributed by atoms with Gasteiger partial charge in [0.2, 0.25) is 0 Å². The number of rotatable bonds is 6. The van der Waals surface area contributed by atoms with E-state index in [-0.39, 0.29) is 12.5 Å². The van der Waals surface area contributed by atoms with E-state index in [0.29, 0.717) is 6.42 Å². The van der Waals surface area contributed by atoms with Crippen molar-refractivity contribution in [1.29, 1.82) is 0 Å². The second kappa shape index (κ2) is 7.81. The zero-order valence-corrected chi connectivity index (χ0v) is 13.6. The number of amides is 1. The molecule has 0 saturated carbocycles. The van der Waals surface area contributed by atoms with E-state index < -0.39 is 30.3 Å². The largest absolute Gasteiger partial charge is 0.480 e. The van der Waals surface area contributed by atoms with Gasteiger partial charge >= 0.3 is 5.97 Å². The number of morpholine rings is 1. The van der Waals surface area contributed by atoms with Crippen LogP contribution in [0.5, 0.6) is 0 Å². The Morgan fingerprint density at radius 2 is 2.17 bits per heavy atom. The molecule has 1 saturated heterocycles. The van der Waals surface area contributed by atoms with E-state index in [9.17, 15) is 14.7 Å². The molecule has 2 rings (SSSR count). The van der Waals surface area contributed by atoms with E-state index in [0.717, 1.165) is 5.56 Å². The molecule has 1 aliphatic heterocycles. The second-order valence-corrected chi connectivity index (χ2v) is 5.78. The third kappa shape index (κ3) is 4.04. The number of hydrogen-bond donors (Lipinski definition) is 1. The van der Waals surface area contributed by atoms with Gasteiger partial charge in [-0.1, -0.05) is 35.4 Å². The number of azide groups is 1. The van der Waals surface area contributed by atoms with Crippen LogP contribution in [-0.4, -0.2) is 52.7 Å². The Balaban J connectivity index is 2.21. The number of nitrogens with zero attached hydrogens (tertiary/aromatic N) is 4. The van der Waals surface area contributed by atoms with Crippen molar-refractivity contribution in [2.24, 2.45) is 5.11 Å². The van der Waals surface area contributed by atoms with Gasteiger partial charge in [0.1, 0.15) is 12.1 Å². The summed E-state index contributed by atoms with van der Waals surface area (Å²) < 4.78 is 5.70. The lowest BCUT2D eigenvalue weighted by molar-refractivity contribution is -0.171. The second-order valence-electron chi connectivity index (χ2n) is 5.78. The predicted octanol–water partition coefficient (Wildman–Crippen LogP) is 2.00. The molecule has 1 amide bonds. The maximum Gasteiger partial charge on any atom is 0.326 e. The highest BCUT2D eigenvalue weighted by atomic mass is 16.5. The van der Waals surface area contributed by atoms with E-state index >= 15 is 0 Å². The monoisotopic (exact) mass is 332 g/mol. The van der Waals surface area contributed by atoms with E-state index in [4.69, 9.17) is 10.3 Å². The lowest BCUT2D eigenvalue weighted by Crippen LogP contribution is -2.58. The summed E-state index contributed by atoms with van der Waals surface area (Å²) in [4.78, 5) is 27.6. The Bertz CT molecular complexity index is 645. The number of hydrogen-bond acceptors (Lipinski definition) is 4. The number of benzene rings is 1. The fraction of sp³-hybridized carbons (Fsp3) is 0.500. The number of carbonyl (C=O) groups excluding carboxylic acids is 1. The Kier molecular flexibility index (Phi) is 5.78. The first-order chi connectivity index (χ1) is 11.4. The summed E-state index contributed by atoms with van der Waals surface area (Å²) in [5, 5.41) is 13.0. The number of carboxylic acid groups (broad SMARTS) is 1. The highest BCUT2D eigenvalue weighted by Crippen LogP contribution is 2.22. The van der Waals surface area contributed by atoms with Gasteiger partial charge in [-0.05, 0) is 31.4 Å². The average molecular weight is 332 g/mol. The zero-order chi connectivity index (χ0) is 17.7. The van der Waals surface area contributed by atoms with Gasteiger partial charge in [-0.25, -0.2) is 4.79 Å². The van der Waals surface area contributed by atoms with Crippen LogP contribution in [0.1, 0.15) is 19.4 Å². The quantitative estimate of drug-likeness (QED) is 0.487. The highest BCUT2D eigenvalue weighted by molar-refractivity contribution is 5.86. The fourth-order valence-electron chi connectivity index (χ4n) is 2.74. The molecular weight excluding hydrogens is 312 g/mol. The van der Waals surface area contributed by atoms with E-state index in [1.807, 2.05) is 30.3 Å². The molecule has 0 spiro atoms. The lowest BCUT2D eigenvalue weighted by atomic mass is 9.99. The number of carbonyl (C=O) groups is 2. The normalized spacial score (nSPS) is 23.2. The molecule has 0 radical (unpaired) electrons. The summed E-state index contributed by atoms with van der Waals surface area (Å²) in [5.41, 5.74) is 9.83. The molecule has 0 aromatic heterocycles. The average Bonchev–Trinajstić information content (AvgIpc) is 2.57. The standard InChI is InChI=1S/C16H20N4O4/c1-10(16(22)23)20-9-14(24-11(2)15(20)21)13(18-19-17)8-12-6-4-3-5-7-12/h3-7,10-11,13-14H,8-9H2,1-2H3,(H,22,23)/t10-,11-,13-,14+/m0/s1. The Hall–Kier alpha value is -2.57. The third-order valence-electron chi connectivity index (χ3n) is 4.13. The number of ether oxygens (including phenoxy) is 1. The molecule has 8 heteroatoms. The molecule has 0 unspecified atom stereocenters. The van der Waals surface area contributed by atoms with Gasteiger partial charge in [0.05, 0.1) is 12.1 Å². The molecule has 1 aromatic carbocycles. The van der Waals surface area contributed by atoms with Crippen molar-refractivity contribution in [3.8, 4) is 0 Å². The van der Waals surface area contributed by atoms with Gasteiger partial charge in [0, 0.05) is 11.5 Å². The Labute approximate surface area is 139 Å². The van der Waals surface area contributed by atoms with Gasteiger partial charge in [0.25, 0.3) is 5.91 Å². The third-order valence-corrected chi connectivity index (χ3v) is 4.13. The Morgan fingerprint density at radius 3 is 2.75 bits per heavy atom. The van der Waals surface area contributed by atoms with Crippen LogP contribution in [0.15, 0.2) is 35.4 Å². The van der Waals surface area contributed by atoms with Crippen molar-refractivity contribution in [3.63, 3.8) is 0 Å². The van der Waals surface area contributed by atoms with Gasteiger partial charge in [-0.15, -0.1) is 0 Å². The fourth-order valence-corrected chi connectivity index (χ4v) is 2.74. The van der Waals surface area contributed by atoms with Gasteiger partial charge < -0.3 is 14.7 Å². The molecular formula is C16H20N4O4. The van der Waals surface area contributed by atoms with Gasteiger partial charge in [0.15, 0.2) is 0 Å². The van der Waals surface area contributed by atoms with E-state index in [1.54, 1.807) is 6.92 Å². The first-order valence-corrected chi connectivity index (χ1v) is 7.71. The first kappa shape index (κ1) is 17.8. The molecule has 8 nitrogen and oxygen atoms in total. The van der Waals surface area contributed by atoms with Crippen LogP contribution < -0.4 is 0 Å². The molecule has 1 fully saturated rings. The molecule has 1 aromatic rings. The molecule has 24 heavy (non-hydrogen) atoms. The number of aliphatic carboxylic acids is 1. The summed E-state index contributed by atoms with van der Waals surface area (Å²) in [5.74, 6) is -1.46. The highest BCUT2D eigenvalue weighted by Gasteiger charge is 2.39. The van der Waals surface area contributed by atoms with Crippen LogP contribution in [0.4, 0.5) is 0 Å².